The Balaban J connectivity index is 1.80. The lowest BCUT2D eigenvalue weighted by Crippen LogP contribution is -2.46. The van der Waals surface area contributed by atoms with Crippen LogP contribution in [0.3, 0.4) is 0 Å². The zero-order valence-electron chi connectivity index (χ0n) is 17.4. The van der Waals surface area contributed by atoms with Crippen molar-refractivity contribution in [2.45, 2.75) is 76.5 Å². The van der Waals surface area contributed by atoms with Gasteiger partial charge in [0.05, 0.1) is 4.75 Å². The maximum atomic E-state index is 12.5. The van der Waals surface area contributed by atoms with Crippen molar-refractivity contribution in [1.82, 2.24) is 4.72 Å². The number of anilines is 1. The molecule has 3 N–H and O–H groups in total. The van der Waals surface area contributed by atoms with Crippen LogP contribution in [0.4, 0.5) is 5.69 Å². The molecule has 162 valence electrons. The second-order valence-corrected chi connectivity index (χ2v) is 11.2. The minimum absolute atomic E-state index is 0.0410. The summed E-state index contributed by atoms with van der Waals surface area (Å²) in [7, 11) is -3.38. The van der Waals surface area contributed by atoms with Gasteiger partial charge in [0.1, 0.15) is 0 Å². The zero-order valence-corrected chi connectivity index (χ0v) is 18.2. The summed E-state index contributed by atoms with van der Waals surface area (Å²) in [5.74, 6) is -0.962. The summed E-state index contributed by atoms with van der Waals surface area (Å²) < 4.78 is 26.5. The number of aliphatic carboxylic acids is 1. The number of hydrogen-bond acceptors (Lipinski definition) is 4. The molecule has 1 aromatic carbocycles. The van der Waals surface area contributed by atoms with Crippen molar-refractivity contribution in [3.63, 3.8) is 0 Å². The highest BCUT2D eigenvalue weighted by Crippen LogP contribution is 2.27. The number of amides is 1. The van der Waals surface area contributed by atoms with Crippen LogP contribution >= 0.6 is 0 Å². The Kier molecular flexibility index (Phi) is 7.82. The Labute approximate surface area is 173 Å². The minimum atomic E-state index is -3.38. The molecule has 1 aliphatic carbocycles. The molecule has 29 heavy (non-hydrogen) atoms. The molecule has 1 aliphatic rings. The average Bonchev–Trinajstić information content (AvgIpc) is 2.62. The molecular weight excluding hydrogens is 392 g/mol. The number of carboxylic acid groups (broad SMARTS) is 1. The van der Waals surface area contributed by atoms with Gasteiger partial charge in [-0.1, -0.05) is 12.1 Å². The van der Waals surface area contributed by atoms with E-state index in [-0.39, 0.29) is 24.3 Å². The lowest BCUT2D eigenvalue weighted by Gasteiger charge is -2.30. The van der Waals surface area contributed by atoms with Gasteiger partial charge in [-0.05, 0) is 77.0 Å². The van der Waals surface area contributed by atoms with Crippen LogP contribution < -0.4 is 10.0 Å². The van der Waals surface area contributed by atoms with E-state index >= 15 is 0 Å². The van der Waals surface area contributed by atoms with E-state index in [1.165, 1.54) is 0 Å². The zero-order chi connectivity index (χ0) is 21.7. The Hall–Kier alpha value is -1.93. The molecule has 1 amide bonds. The molecular formula is C21H32N2O5S. The monoisotopic (exact) mass is 424 g/mol. The first-order valence-electron chi connectivity index (χ1n) is 10.1. The summed E-state index contributed by atoms with van der Waals surface area (Å²) in [6, 6.07) is 7.34. The molecule has 0 unspecified atom stereocenters. The molecule has 1 saturated carbocycles. The summed E-state index contributed by atoms with van der Waals surface area (Å²) in [4.78, 5) is 23.1. The summed E-state index contributed by atoms with van der Waals surface area (Å²) in [6.45, 7) is 5.02. The van der Waals surface area contributed by atoms with Crippen LogP contribution in [0.5, 0.6) is 0 Å². The fourth-order valence-corrected chi connectivity index (χ4v) is 4.34. The number of carbonyl (C=O) groups excluding carboxylic acids is 1. The van der Waals surface area contributed by atoms with E-state index in [0.717, 1.165) is 5.56 Å². The molecule has 0 saturated heterocycles. The molecule has 2 rings (SSSR count). The summed E-state index contributed by atoms with van der Waals surface area (Å²) in [5.41, 5.74) is 1.75. The van der Waals surface area contributed by atoms with Crippen LogP contribution in [-0.2, 0) is 26.0 Å². The van der Waals surface area contributed by atoms with Crippen LogP contribution in [0.15, 0.2) is 24.3 Å². The van der Waals surface area contributed by atoms with Crippen LogP contribution in [0, 0.1) is 5.92 Å². The Morgan fingerprint density at radius 1 is 1.07 bits per heavy atom. The molecule has 7 nitrogen and oxygen atoms in total. The van der Waals surface area contributed by atoms with Gasteiger partial charge in [0.2, 0.25) is 15.9 Å². The van der Waals surface area contributed by atoms with Gasteiger partial charge in [0.25, 0.3) is 0 Å². The van der Waals surface area contributed by atoms with Gasteiger partial charge in [-0.25, -0.2) is 13.1 Å². The van der Waals surface area contributed by atoms with Crippen molar-refractivity contribution in [2.24, 2.45) is 5.92 Å². The van der Waals surface area contributed by atoms with Crippen molar-refractivity contribution in [3.05, 3.63) is 29.8 Å². The fraction of sp³-hybridized carbons (Fsp3) is 0.619. The second kappa shape index (κ2) is 9.71. The van der Waals surface area contributed by atoms with Gasteiger partial charge < -0.3 is 10.4 Å². The number of benzene rings is 1. The highest BCUT2D eigenvalue weighted by molar-refractivity contribution is 7.90. The third-order valence-electron chi connectivity index (χ3n) is 5.30. The summed E-state index contributed by atoms with van der Waals surface area (Å²) in [6.07, 6.45) is 4.02. The van der Waals surface area contributed by atoms with Crippen LogP contribution in [0.25, 0.3) is 0 Å². The molecule has 0 radical (unpaired) electrons. The molecule has 0 aromatic heterocycles. The largest absolute Gasteiger partial charge is 0.481 e. The number of nitrogens with one attached hydrogen (secondary N) is 2. The van der Waals surface area contributed by atoms with Crippen molar-refractivity contribution in [1.29, 1.82) is 0 Å². The highest BCUT2D eigenvalue weighted by atomic mass is 32.2. The van der Waals surface area contributed by atoms with Crippen LogP contribution in [0.2, 0.25) is 0 Å². The lowest BCUT2D eigenvalue weighted by atomic mass is 9.86. The third-order valence-corrected chi connectivity index (χ3v) is 7.56. The summed E-state index contributed by atoms with van der Waals surface area (Å²) in [5, 5.41) is 11.6. The van der Waals surface area contributed by atoms with Gasteiger partial charge in [0.15, 0.2) is 0 Å². The van der Waals surface area contributed by atoms with Crippen LogP contribution in [0.1, 0.15) is 64.9 Å². The Morgan fingerprint density at radius 2 is 1.66 bits per heavy atom. The predicted molar refractivity (Wildman–Crippen MR) is 113 cm³/mol. The molecule has 8 heteroatoms. The quantitative estimate of drug-likeness (QED) is 0.593. The number of carboxylic acids is 1. The molecule has 0 heterocycles. The first kappa shape index (κ1) is 23.3. The maximum Gasteiger partial charge on any atom is 0.303 e. The van der Waals surface area contributed by atoms with Gasteiger partial charge in [-0.2, -0.15) is 0 Å². The van der Waals surface area contributed by atoms with Crippen molar-refractivity contribution in [2.75, 3.05) is 5.32 Å². The van der Waals surface area contributed by atoms with E-state index in [2.05, 4.69) is 10.0 Å². The van der Waals surface area contributed by atoms with Gasteiger partial charge in [0, 0.05) is 24.1 Å². The fourth-order valence-electron chi connectivity index (χ4n) is 3.31. The minimum Gasteiger partial charge on any atom is -0.481 e. The topological polar surface area (TPSA) is 113 Å². The normalized spacial score (nSPS) is 20.2. The first-order valence-corrected chi connectivity index (χ1v) is 11.6. The van der Waals surface area contributed by atoms with Crippen molar-refractivity contribution < 1.29 is 23.1 Å². The molecule has 0 spiro atoms. The third kappa shape index (κ3) is 7.12. The molecule has 0 atom stereocenters. The molecule has 0 aliphatic heterocycles. The maximum absolute atomic E-state index is 12.5. The first-order chi connectivity index (χ1) is 13.5. The van der Waals surface area contributed by atoms with E-state index in [9.17, 15) is 18.0 Å². The van der Waals surface area contributed by atoms with E-state index in [1.54, 1.807) is 20.8 Å². The average molecular weight is 425 g/mol. The van der Waals surface area contributed by atoms with Crippen molar-refractivity contribution >= 4 is 27.6 Å². The molecule has 1 fully saturated rings. The van der Waals surface area contributed by atoms with Gasteiger partial charge in [-0.3, -0.25) is 9.59 Å². The van der Waals surface area contributed by atoms with E-state index in [1.807, 2.05) is 24.3 Å². The predicted octanol–water partition coefficient (Wildman–Crippen LogP) is 3.31. The number of carbonyl (C=O) groups is 2. The Morgan fingerprint density at radius 3 is 2.17 bits per heavy atom. The molecule has 0 bridgehead atoms. The number of hydrogen-bond donors (Lipinski definition) is 3. The number of sulfonamides is 1. The Bertz CT molecular complexity index is 804. The van der Waals surface area contributed by atoms with Crippen molar-refractivity contribution in [3.8, 4) is 0 Å². The van der Waals surface area contributed by atoms with E-state index in [4.69, 9.17) is 5.11 Å². The summed E-state index contributed by atoms with van der Waals surface area (Å²) >= 11 is 0. The highest BCUT2D eigenvalue weighted by Gasteiger charge is 2.34. The van der Waals surface area contributed by atoms with Crippen LogP contribution in [-0.4, -0.2) is 36.2 Å². The second-order valence-electron chi connectivity index (χ2n) is 8.72. The molecule has 1 aromatic rings. The van der Waals surface area contributed by atoms with E-state index < -0.39 is 20.7 Å². The SMILES string of the molecule is CC(C)(C)S(=O)(=O)N[C@H]1CC[C@H](C(=O)Nc2ccc(CCCC(=O)O)cc2)CC1. The smallest absolute Gasteiger partial charge is 0.303 e. The number of aryl methyl sites for hydroxylation is 1. The van der Waals surface area contributed by atoms with Gasteiger partial charge >= 0.3 is 5.97 Å². The lowest BCUT2D eigenvalue weighted by molar-refractivity contribution is -0.137. The van der Waals surface area contributed by atoms with Gasteiger partial charge in [-0.15, -0.1) is 0 Å². The van der Waals surface area contributed by atoms with E-state index in [0.29, 0.717) is 44.2 Å². The number of rotatable bonds is 8. The standard InChI is InChI=1S/C21H32N2O5S/c1-21(2,3)29(27,28)23-18-13-9-16(10-14-18)20(26)22-17-11-7-15(8-12-17)5-4-6-19(24)25/h7-8,11-12,16,18,23H,4-6,9-10,13-14H2,1-3H3,(H,22,26)(H,24,25)/t16-,18-.